The maximum Gasteiger partial charge on any atom is 0.134 e. The van der Waals surface area contributed by atoms with Gasteiger partial charge in [-0.25, -0.2) is 4.98 Å². The normalized spacial score (nSPS) is 11.9. The van der Waals surface area contributed by atoms with E-state index in [1.54, 1.807) is 6.08 Å². The number of thiazole rings is 1. The van der Waals surface area contributed by atoms with E-state index in [0.717, 1.165) is 27.1 Å². The predicted molar refractivity (Wildman–Crippen MR) is 116 cm³/mol. The molecule has 0 amide bonds. The molecule has 0 spiro atoms. The molecule has 1 heterocycles. The van der Waals surface area contributed by atoms with Crippen LogP contribution >= 0.6 is 27.3 Å². The molecule has 3 aromatic rings. The third-order valence-electron chi connectivity index (χ3n) is 3.70. The fraction of sp³-hybridized carbons (Fsp3) is 0.0909. The Balaban J connectivity index is 1.83. The molecule has 0 unspecified atom stereocenters. The number of hydrogen-bond acceptors (Lipinski definition) is 4. The van der Waals surface area contributed by atoms with Crippen molar-refractivity contribution >= 4 is 38.9 Å². The Morgan fingerprint density at radius 3 is 2.59 bits per heavy atom. The molecule has 5 heteroatoms. The number of rotatable bonds is 6. The van der Waals surface area contributed by atoms with Crippen LogP contribution in [-0.2, 0) is 0 Å². The summed E-state index contributed by atoms with van der Waals surface area (Å²) in [5.41, 5.74) is 3.43. The van der Waals surface area contributed by atoms with Gasteiger partial charge in [-0.3, -0.25) is 0 Å². The second-order valence-corrected chi connectivity index (χ2v) is 7.38. The zero-order chi connectivity index (χ0) is 19.1. The van der Waals surface area contributed by atoms with Gasteiger partial charge in [0.15, 0.2) is 0 Å². The highest BCUT2D eigenvalue weighted by Crippen LogP contribution is 2.29. The average Bonchev–Trinajstić information content (AvgIpc) is 3.18. The molecule has 0 atom stereocenters. The number of benzene rings is 2. The van der Waals surface area contributed by atoms with E-state index in [-0.39, 0.29) is 0 Å². The van der Waals surface area contributed by atoms with Crippen molar-refractivity contribution in [1.82, 2.24) is 4.98 Å². The quantitative estimate of drug-likeness (QED) is 0.324. The maximum absolute atomic E-state index is 9.55. The van der Waals surface area contributed by atoms with Crippen molar-refractivity contribution < 1.29 is 4.74 Å². The van der Waals surface area contributed by atoms with Gasteiger partial charge in [-0.2, -0.15) is 5.26 Å². The Kier molecular flexibility index (Phi) is 6.59. The number of nitrogens with zero attached hydrogens (tertiary/aromatic N) is 2. The Bertz CT molecular complexity index is 999. The molecule has 0 fully saturated rings. The van der Waals surface area contributed by atoms with Crippen molar-refractivity contribution in [2.45, 2.75) is 6.92 Å². The maximum atomic E-state index is 9.55. The molecule has 0 N–H and O–H groups in total. The van der Waals surface area contributed by atoms with E-state index in [2.05, 4.69) is 27.0 Å². The predicted octanol–water partition coefficient (Wildman–Crippen LogP) is 6.55. The van der Waals surface area contributed by atoms with Gasteiger partial charge in [-0.1, -0.05) is 46.3 Å². The van der Waals surface area contributed by atoms with Crippen LogP contribution in [0.3, 0.4) is 0 Å². The van der Waals surface area contributed by atoms with Crippen LogP contribution < -0.4 is 4.74 Å². The summed E-state index contributed by atoms with van der Waals surface area (Å²) in [6, 6.07) is 20.0. The number of nitriles is 1. The molecule has 0 aliphatic heterocycles. The lowest BCUT2D eigenvalue weighted by molar-refractivity contribution is 0.340. The van der Waals surface area contributed by atoms with Crippen LogP contribution in [0.5, 0.6) is 5.75 Å². The standard InChI is InChI=1S/C22H17BrN2OS/c1-2-26-20-10-8-17(9-11-20)21-15-27-22(25-21)18(14-24)13-19(23)12-16-6-4-3-5-7-16/h3-13,15H,2H2,1H3/b18-13+,19-12-. The van der Waals surface area contributed by atoms with E-state index in [1.165, 1.54) is 11.3 Å². The van der Waals surface area contributed by atoms with Gasteiger partial charge in [-0.15, -0.1) is 11.3 Å². The molecule has 0 aliphatic rings. The summed E-state index contributed by atoms with van der Waals surface area (Å²) in [6.45, 7) is 2.60. The first-order valence-corrected chi connectivity index (χ1v) is 10.1. The van der Waals surface area contributed by atoms with Crippen molar-refractivity contribution in [3.63, 3.8) is 0 Å². The van der Waals surface area contributed by atoms with Crippen LogP contribution in [0.1, 0.15) is 17.5 Å². The van der Waals surface area contributed by atoms with E-state index in [1.807, 2.05) is 73.0 Å². The summed E-state index contributed by atoms with van der Waals surface area (Å²) < 4.78 is 6.29. The van der Waals surface area contributed by atoms with Crippen LogP contribution in [0.15, 0.2) is 70.5 Å². The van der Waals surface area contributed by atoms with Gasteiger partial charge in [-0.05, 0) is 48.9 Å². The molecule has 0 radical (unpaired) electrons. The minimum atomic E-state index is 0.524. The summed E-state index contributed by atoms with van der Waals surface area (Å²) in [5.74, 6) is 0.837. The van der Waals surface area contributed by atoms with E-state index in [4.69, 9.17) is 4.74 Å². The molecule has 0 saturated heterocycles. The van der Waals surface area contributed by atoms with Crippen LogP contribution in [0, 0.1) is 11.3 Å². The highest BCUT2D eigenvalue weighted by atomic mass is 79.9. The van der Waals surface area contributed by atoms with Gasteiger partial charge in [0.1, 0.15) is 16.8 Å². The minimum Gasteiger partial charge on any atom is -0.494 e. The Morgan fingerprint density at radius 1 is 1.19 bits per heavy atom. The highest BCUT2D eigenvalue weighted by molar-refractivity contribution is 9.12. The number of ether oxygens (including phenoxy) is 1. The van der Waals surface area contributed by atoms with Gasteiger partial charge < -0.3 is 4.74 Å². The second kappa shape index (κ2) is 9.31. The molecule has 2 aromatic carbocycles. The van der Waals surface area contributed by atoms with Crippen molar-refractivity contribution in [3.8, 4) is 23.1 Å². The van der Waals surface area contributed by atoms with Crippen molar-refractivity contribution in [3.05, 3.63) is 81.1 Å². The Morgan fingerprint density at radius 2 is 1.93 bits per heavy atom. The van der Waals surface area contributed by atoms with Crippen LogP contribution in [-0.4, -0.2) is 11.6 Å². The number of allylic oxidation sites excluding steroid dienone is 3. The first-order chi connectivity index (χ1) is 13.2. The highest BCUT2D eigenvalue weighted by Gasteiger charge is 2.09. The molecule has 3 rings (SSSR count). The zero-order valence-corrected chi connectivity index (χ0v) is 17.1. The van der Waals surface area contributed by atoms with Gasteiger partial charge in [0.2, 0.25) is 0 Å². The van der Waals surface area contributed by atoms with E-state index < -0.39 is 0 Å². The smallest absolute Gasteiger partial charge is 0.134 e. The topological polar surface area (TPSA) is 45.9 Å². The van der Waals surface area contributed by atoms with Crippen molar-refractivity contribution in [1.29, 1.82) is 5.26 Å². The first-order valence-electron chi connectivity index (χ1n) is 8.42. The van der Waals surface area contributed by atoms with Gasteiger partial charge >= 0.3 is 0 Å². The third-order valence-corrected chi connectivity index (χ3v) is 5.04. The summed E-state index contributed by atoms with van der Waals surface area (Å²) in [6.07, 6.45) is 3.77. The molecule has 27 heavy (non-hydrogen) atoms. The lowest BCUT2D eigenvalue weighted by Crippen LogP contribution is -1.90. The molecule has 3 nitrogen and oxygen atoms in total. The SMILES string of the molecule is CCOc1ccc(-c2csc(/C(C#N)=C/C(Br)=C/c3ccccc3)n2)cc1. The van der Waals surface area contributed by atoms with Crippen LogP contribution in [0.25, 0.3) is 22.9 Å². The third kappa shape index (κ3) is 5.16. The van der Waals surface area contributed by atoms with Gasteiger partial charge in [0, 0.05) is 15.4 Å². The molecular weight excluding hydrogens is 420 g/mol. The molecule has 0 saturated carbocycles. The molecule has 1 aromatic heterocycles. The zero-order valence-electron chi connectivity index (χ0n) is 14.7. The molecule has 0 bridgehead atoms. The van der Waals surface area contributed by atoms with Crippen LogP contribution in [0.2, 0.25) is 0 Å². The molecular formula is C22H17BrN2OS. The summed E-state index contributed by atoms with van der Waals surface area (Å²) in [4.78, 5) is 4.63. The Hall–Kier alpha value is -2.68. The number of halogens is 1. The molecule has 134 valence electrons. The largest absolute Gasteiger partial charge is 0.494 e. The first kappa shape index (κ1) is 19.1. The van der Waals surface area contributed by atoms with E-state index in [9.17, 15) is 5.26 Å². The summed E-state index contributed by atoms with van der Waals surface area (Å²) in [5, 5.41) is 12.2. The van der Waals surface area contributed by atoms with Crippen molar-refractivity contribution in [2.75, 3.05) is 6.61 Å². The number of aromatic nitrogens is 1. The van der Waals surface area contributed by atoms with Gasteiger partial charge in [0.05, 0.1) is 17.9 Å². The van der Waals surface area contributed by atoms with Gasteiger partial charge in [0.25, 0.3) is 0 Å². The Labute approximate surface area is 171 Å². The fourth-order valence-corrected chi connectivity index (χ4v) is 3.74. The number of hydrogen-bond donors (Lipinski definition) is 0. The summed E-state index contributed by atoms with van der Waals surface area (Å²) >= 11 is 4.98. The van der Waals surface area contributed by atoms with Crippen molar-refractivity contribution in [2.24, 2.45) is 0 Å². The lowest BCUT2D eigenvalue weighted by atomic mass is 10.1. The fourth-order valence-electron chi connectivity index (χ4n) is 2.45. The molecule has 0 aliphatic carbocycles. The lowest BCUT2D eigenvalue weighted by Gasteiger charge is -2.03. The monoisotopic (exact) mass is 436 g/mol. The van der Waals surface area contributed by atoms with Crippen LogP contribution in [0.4, 0.5) is 0 Å². The minimum absolute atomic E-state index is 0.524. The second-order valence-electron chi connectivity index (χ2n) is 5.61. The average molecular weight is 437 g/mol. The van der Waals surface area contributed by atoms with E-state index >= 15 is 0 Å². The summed E-state index contributed by atoms with van der Waals surface area (Å²) in [7, 11) is 0. The van der Waals surface area contributed by atoms with E-state index in [0.29, 0.717) is 17.2 Å².